The molecular weight excluding hydrogens is 274 g/mol. The molecule has 0 aliphatic carbocycles. The number of nitrogens with two attached hydrogens (primary N) is 1. The predicted molar refractivity (Wildman–Crippen MR) is 77.7 cm³/mol. The molecular formula is C14H21N3O4. The third-order valence-electron chi connectivity index (χ3n) is 3.00. The highest BCUT2D eigenvalue weighted by Gasteiger charge is 2.21. The third-order valence-corrected chi connectivity index (χ3v) is 3.00. The highest BCUT2D eigenvalue weighted by Crippen LogP contribution is 2.25. The molecule has 0 aliphatic heterocycles. The van der Waals surface area contributed by atoms with Crippen LogP contribution in [-0.2, 0) is 16.0 Å². The van der Waals surface area contributed by atoms with Crippen molar-refractivity contribution in [2.24, 2.45) is 5.73 Å². The van der Waals surface area contributed by atoms with Crippen molar-refractivity contribution < 1.29 is 19.8 Å². The largest absolute Gasteiger partial charge is 0.504 e. The molecule has 0 aromatic heterocycles. The minimum absolute atomic E-state index is 0.183. The number of likely N-dealkylation sites (N-methyl/N-ethyl adjacent to an activating group) is 1. The minimum atomic E-state index is -0.855. The van der Waals surface area contributed by atoms with Crippen molar-refractivity contribution in [3.05, 3.63) is 23.8 Å². The molecule has 0 saturated heterocycles. The van der Waals surface area contributed by atoms with Crippen LogP contribution in [0.1, 0.15) is 12.5 Å². The van der Waals surface area contributed by atoms with Gasteiger partial charge in [-0.1, -0.05) is 6.07 Å². The highest BCUT2D eigenvalue weighted by atomic mass is 16.3. The first kappa shape index (κ1) is 16.8. The molecule has 1 aromatic rings. The molecule has 0 aliphatic rings. The Morgan fingerprint density at radius 1 is 1.29 bits per heavy atom. The lowest BCUT2D eigenvalue weighted by molar-refractivity contribution is -0.134. The van der Waals surface area contributed by atoms with Crippen molar-refractivity contribution in [1.29, 1.82) is 0 Å². The summed E-state index contributed by atoms with van der Waals surface area (Å²) in [6.45, 7) is 1.58. The van der Waals surface area contributed by atoms with Crippen LogP contribution in [0, 0.1) is 0 Å². The van der Waals surface area contributed by atoms with Crippen LogP contribution in [0.2, 0.25) is 0 Å². The van der Waals surface area contributed by atoms with Gasteiger partial charge in [0.2, 0.25) is 11.8 Å². The monoisotopic (exact) mass is 295 g/mol. The van der Waals surface area contributed by atoms with E-state index < -0.39 is 18.0 Å². The molecule has 21 heavy (non-hydrogen) atoms. The van der Waals surface area contributed by atoms with E-state index in [0.717, 1.165) is 0 Å². The summed E-state index contributed by atoms with van der Waals surface area (Å²) in [6, 6.07) is 2.72. The number of hydrogen-bond donors (Lipinski definition) is 4. The van der Waals surface area contributed by atoms with Crippen LogP contribution in [0.25, 0.3) is 0 Å². The predicted octanol–water partition coefficient (Wildman–Crippen LogP) is -0.439. The Balaban J connectivity index is 2.62. The van der Waals surface area contributed by atoms with E-state index in [1.165, 1.54) is 17.0 Å². The van der Waals surface area contributed by atoms with Crippen molar-refractivity contribution in [2.75, 3.05) is 14.1 Å². The SMILES string of the molecule is CC(NC(=O)[C@@H](N)Cc1ccc(O)c(O)c1)C(=O)N(C)C. The molecule has 1 rings (SSSR count). The van der Waals surface area contributed by atoms with Gasteiger partial charge in [-0.05, 0) is 31.0 Å². The smallest absolute Gasteiger partial charge is 0.244 e. The molecule has 2 amide bonds. The number of amides is 2. The standard InChI is InChI=1S/C14H21N3O4/c1-8(14(21)17(2)3)16-13(20)10(15)6-9-4-5-11(18)12(19)7-9/h4-5,7-8,10,18-19H,6,15H2,1-3H3,(H,16,20)/t8?,10-/m0/s1. The van der Waals surface area contributed by atoms with Crippen molar-refractivity contribution in [3.63, 3.8) is 0 Å². The lowest BCUT2D eigenvalue weighted by Gasteiger charge is -2.20. The van der Waals surface area contributed by atoms with Gasteiger partial charge in [-0.3, -0.25) is 9.59 Å². The quantitative estimate of drug-likeness (QED) is 0.550. The third kappa shape index (κ3) is 4.64. The summed E-state index contributed by atoms with van der Waals surface area (Å²) >= 11 is 0. The number of phenolic OH excluding ortho intramolecular Hbond substituents is 2. The van der Waals surface area contributed by atoms with E-state index in [0.29, 0.717) is 5.56 Å². The Labute approximate surface area is 123 Å². The Morgan fingerprint density at radius 2 is 1.90 bits per heavy atom. The van der Waals surface area contributed by atoms with Crippen molar-refractivity contribution in [3.8, 4) is 11.5 Å². The summed E-state index contributed by atoms with van der Waals surface area (Å²) in [6.07, 6.45) is 0.183. The molecule has 0 radical (unpaired) electrons. The second-order valence-corrected chi connectivity index (χ2v) is 5.10. The molecule has 0 saturated carbocycles. The number of phenols is 2. The van der Waals surface area contributed by atoms with E-state index in [1.807, 2.05) is 0 Å². The lowest BCUT2D eigenvalue weighted by Crippen LogP contribution is -2.50. The van der Waals surface area contributed by atoms with Gasteiger partial charge in [0.1, 0.15) is 6.04 Å². The molecule has 7 heteroatoms. The topological polar surface area (TPSA) is 116 Å². The zero-order valence-electron chi connectivity index (χ0n) is 12.3. The Bertz CT molecular complexity index is 531. The fourth-order valence-electron chi connectivity index (χ4n) is 1.81. The van der Waals surface area contributed by atoms with Crippen molar-refractivity contribution in [1.82, 2.24) is 10.2 Å². The second kappa shape index (κ2) is 6.94. The van der Waals surface area contributed by atoms with Gasteiger partial charge < -0.3 is 26.2 Å². The van der Waals surface area contributed by atoms with E-state index >= 15 is 0 Å². The first-order valence-electron chi connectivity index (χ1n) is 6.50. The molecule has 1 aromatic carbocycles. The normalized spacial score (nSPS) is 13.3. The number of carbonyl (C=O) groups is 2. The van der Waals surface area contributed by atoms with Crippen LogP contribution in [-0.4, -0.2) is 53.1 Å². The maximum atomic E-state index is 11.9. The molecule has 2 atom stereocenters. The number of rotatable bonds is 5. The molecule has 0 fully saturated rings. The summed E-state index contributed by atoms with van der Waals surface area (Å²) in [5, 5.41) is 21.1. The van der Waals surface area contributed by atoms with Crippen LogP contribution < -0.4 is 11.1 Å². The van der Waals surface area contributed by atoms with Gasteiger partial charge >= 0.3 is 0 Å². The summed E-state index contributed by atoms with van der Waals surface area (Å²) < 4.78 is 0. The average molecular weight is 295 g/mol. The van der Waals surface area contributed by atoms with Gasteiger partial charge in [-0.15, -0.1) is 0 Å². The second-order valence-electron chi connectivity index (χ2n) is 5.10. The molecule has 0 heterocycles. The zero-order valence-corrected chi connectivity index (χ0v) is 12.3. The van der Waals surface area contributed by atoms with E-state index in [4.69, 9.17) is 5.73 Å². The van der Waals surface area contributed by atoms with E-state index in [-0.39, 0.29) is 23.8 Å². The fraction of sp³-hybridized carbons (Fsp3) is 0.429. The van der Waals surface area contributed by atoms with Crippen molar-refractivity contribution in [2.45, 2.75) is 25.4 Å². The van der Waals surface area contributed by atoms with Crippen LogP contribution in [0.4, 0.5) is 0 Å². The first-order valence-corrected chi connectivity index (χ1v) is 6.50. The molecule has 7 nitrogen and oxygen atoms in total. The maximum absolute atomic E-state index is 11.9. The Hall–Kier alpha value is -2.28. The molecule has 0 bridgehead atoms. The molecule has 0 spiro atoms. The number of aromatic hydroxyl groups is 2. The summed E-state index contributed by atoms with van der Waals surface area (Å²) in [4.78, 5) is 25.0. The summed E-state index contributed by atoms with van der Waals surface area (Å²) in [5.41, 5.74) is 6.39. The molecule has 116 valence electrons. The fourth-order valence-corrected chi connectivity index (χ4v) is 1.81. The van der Waals surface area contributed by atoms with Crippen LogP contribution >= 0.6 is 0 Å². The van der Waals surface area contributed by atoms with Gasteiger partial charge in [-0.25, -0.2) is 0 Å². The highest BCUT2D eigenvalue weighted by molar-refractivity contribution is 5.89. The van der Waals surface area contributed by atoms with E-state index in [9.17, 15) is 19.8 Å². The molecule has 5 N–H and O–H groups in total. The number of hydrogen-bond acceptors (Lipinski definition) is 5. The van der Waals surface area contributed by atoms with Gasteiger partial charge in [0, 0.05) is 14.1 Å². The summed E-state index contributed by atoms with van der Waals surface area (Å²) in [7, 11) is 3.20. The van der Waals surface area contributed by atoms with Crippen LogP contribution in [0.5, 0.6) is 11.5 Å². The van der Waals surface area contributed by atoms with Gasteiger partial charge in [0.15, 0.2) is 11.5 Å². The van der Waals surface area contributed by atoms with Crippen LogP contribution in [0.15, 0.2) is 18.2 Å². The number of carbonyl (C=O) groups excluding carboxylic acids is 2. The van der Waals surface area contributed by atoms with Crippen molar-refractivity contribution >= 4 is 11.8 Å². The maximum Gasteiger partial charge on any atom is 0.244 e. The molecule has 1 unspecified atom stereocenters. The first-order chi connectivity index (χ1) is 9.72. The van der Waals surface area contributed by atoms with Gasteiger partial charge in [0.05, 0.1) is 6.04 Å². The zero-order chi connectivity index (χ0) is 16.2. The number of benzene rings is 1. The average Bonchev–Trinajstić information content (AvgIpc) is 2.41. The lowest BCUT2D eigenvalue weighted by atomic mass is 10.0. The Morgan fingerprint density at radius 3 is 2.43 bits per heavy atom. The summed E-state index contributed by atoms with van der Waals surface area (Å²) in [5.74, 6) is -1.18. The minimum Gasteiger partial charge on any atom is -0.504 e. The van der Waals surface area contributed by atoms with E-state index in [1.54, 1.807) is 27.1 Å². The number of nitrogens with zero attached hydrogens (tertiary/aromatic N) is 1. The number of nitrogens with one attached hydrogen (secondary N) is 1. The van der Waals surface area contributed by atoms with Gasteiger partial charge in [0.25, 0.3) is 0 Å². The van der Waals surface area contributed by atoms with E-state index in [2.05, 4.69) is 5.32 Å². The van der Waals surface area contributed by atoms with Crippen LogP contribution in [0.3, 0.4) is 0 Å². The Kier molecular flexibility index (Phi) is 5.54. The van der Waals surface area contributed by atoms with Gasteiger partial charge in [-0.2, -0.15) is 0 Å².